The maximum absolute atomic E-state index is 12.1. The first kappa shape index (κ1) is 28.0. The Morgan fingerprint density at radius 3 is 1.89 bits per heavy atom. The predicted octanol–water partition coefficient (Wildman–Crippen LogP) is -1.52. The summed E-state index contributed by atoms with van der Waals surface area (Å²) in [6.07, 6.45) is 0.286. The van der Waals surface area contributed by atoms with Crippen LogP contribution < -0.4 is 27.0 Å². The van der Waals surface area contributed by atoms with Gasteiger partial charge in [0.25, 0.3) is 0 Å². The number of hydrogen-bond donors (Lipinski definition) is 7. The molecule has 0 saturated heterocycles. The van der Waals surface area contributed by atoms with Crippen molar-refractivity contribution in [2.75, 3.05) is 27.2 Å². The minimum Gasteiger partial charge on any atom is -0.481 e. The average Bonchev–Trinajstić information content (AvgIpc) is 2.66. The van der Waals surface area contributed by atoms with Crippen LogP contribution in [0.2, 0.25) is 0 Å². The van der Waals surface area contributed by atoms with Gasteiger partial charge < -0.3 is 37.2 Å². The fraction of sp³-hybridized carbons (Fsp3) is 0.765. The number of carbonyl (C=O) groups is 4. The van der Waals surface area contributed by atoms with Crippen LogP contribution in [0.5, 0.6) is 0 Å². The molecule has 0 aliphatic rings. The summed E-state index contributed by atoms with van der Waals surface area (Å²) in [6.45, 7) is 4.38. The molecule has 2 amide bonds. The zero-order chi connectivity index (χ0) is 22.1. The Balaban J connectivity index is 0. The second-order valence-electron chi connectivity index (χ2n) is 5.68. The van der Waals surface area contributed by atoms with Gasteiger partial charge in [-0.2, -0.15) is 0 Å². The highest BCUT2D eigenvalue weighted by Crippen LogP contribution is 2.02. The van der Waals surface area contributed by atoms with Crippen molar-refractivity contribution in [1.82, 2.24) is 21.3 Å². The third-order valence-corrected chi connectivity index (χ3v) is 3.80. The van der Waals surface area contributed by atoms with Gasteiger partial charge in [0.2, 0.25) is 11.8 Å². The standard InChI is InChI=1S/C15H29N5O6.C2H6/c1-17-9(5-6-12(21)22)14(24)20-10(15(25)26)4-3-7-19-13(23)11(8-16)18-2;1-2/h9-11,17-18H,3-8,16H2,1-2H3,(H,19,23)(H,20,24)(H,21,22)(H,25,26);1-2H3/t9-,10?,11-;/m0./s1. The van der Waals surface area contributed by atoms with Crippen molar-refractivity contribution in [3.63, 3.8) is 0 Å². The van der Waals surface area contributed by atoms with Crippen LogP contribution in [-0.4, -0.2) is 79.3 Å². The summed E-state index contributed by atoms with van der Waals surface area (Å²) in [7, 11) is 3.10. The lowest BCUT2D eigenvalue weighted by Crippen LogP contribution is -2.50. The van der Waals surface area contributed by atoms with Gasteiger partial charge in [0, 0.05) is 19.5 Å². The van der Waals surface area contributed by atoms with Crippen molar-refractivity contribution in [3.05, 3.63) is 0 Å². The molecule has 3 atom stereocenters. The molecule has 164 valence electrons. The lowest BCUT2D eigenvalue weighted by molar-refractivity contribution is -0.142. The summed E-state index contributed by atoms with van der Waals surface area (Å²) in [5, 5.41) is 28.3. The van der Waals surface area contributed by atoms with E-state index in [2.05, 4.69) is 21.3 Å². The van der Waals surface area contributed by atoms with E-state index in [4.69, 9.17) is 10.8 Å². The molecule has 0 aromatic rings. The third kappa shape index (κ3) is 12.2. The first-order valence-corrected chi connectivity index (χ1v) is 9.34. The van der Waals surface area contributed by atoms with E-state index in [0.29, 0.717) is 6.42 Å². The van der Waals surface area contributed by atoms with Crippen LogP contribution in [-0.2, 0) is 19.2 Å². The van der Waals surface area contributed by atoms with Gasteiger partial charge >= 0.3 is 11.9 Å². The fourth-order valence-electron chi connectivity index (χ4n) is 2.20. The number of hydrogen-bond acceptors (Lipinski definition) is 7. The summed E-state index contributed by atoms with van der Waals surface area (Å²) in [5.74, 6) is -3.10. The molecule has 0 aliphatic carbocycles. The van der Waals surface area contributed by atoms with E-state index in [1.54, 1.807) is 7.05 Å². The molecule has 11 nitrogen and oxygen atoms in total. The molecule has 0 fully saturated rings. The molecule has 0 rings (SSSR count). The highest BCUT2D eigenvalue weighted by Gasteiger charge is 2.24. The van der Waals surface area contributed by atoms with E-state index in [0.717, 1.165) is 0 Å². The summed E-state index contributed by atoms with van der Waals surface area (Å²) in [4.78, 5) is 45.7. The molecule has 0 heterocycles. The Labute approximate surface area is 165 Å². The van der Waals surface area contributed by atoms with Gasteiger partial charge in [-0.15, -0.1) is 0 Å². The van der Waals surface area contributed by atoms with Gasteiger partial charge in [-0.3, -0.25) is 14.4 Å². The van der Waals surface area contributed by atoms with Crippen LogP contribution in [0.4, 0.5) is 0 Å². The normalized spacial score (nSPS) is 13.3. The Kier molecular flexibility index (Phi) is 16.9. The molecule has 0 radical (unpaired) electrons. The SMILES string of the molecule is CC.CN[C@@H](CN)C(=O)NCCCC(NC(=O)[C@H](CCC(=O)O)NC)C(=O)O. The van der Waals surface area contributed by atoms with Crippen LogP contribution in [0.25, 0.3) is 0 Å². The summed E-state index contributed by atoms with van der Waals surface area (Å²) < 4.78 is 0. The van der Waals surface area contributed by atoms with Crippen LogP contribution in [0, 0.1) is 0 Å². The number of amides is 2. The molecule has 0 saturated carbocycles. The molecular weight excluding hydrogens is 370 g/mol. The van der Waals surface area contributed by atoms with Gasteiger partial charge in [0.1, 0.15) is 6.04 Å². The van der Waals surface area contributed by atoms with E-state index in [1.807, 2.05) is 13.8 Å². The van der Waals surface area contributed by atoms with Gasteiger partial charge in [0.05, 0.1) is 12.1 Å². The maximum atomic E-state index is 12.1. The molecule has 1 unspecified atom stereocenters. The zero-order valence-electron chi connectivity index (χ0n) is 17.1. The van der Waals surface area contributed by atoms with Crippen molar-refractivity contribution in [2.45, 2.75) is 57.7 Å². The molecule has 28 heavy (non-hydrogen) atoms. The monoisotopic (exact) mass is 405 g/mol. The fourth-order valence-corrected chi connectivity index (χ4v) is 2.20. The lowest BCUT2D eigenvalue weighted by Gasteiger charge is -2.20. The highest BCUT2D eigenvalue weighted by atomic mass is 16.4. The number of likely N-dealkylation sites (N-methyl/N-ethyl adjacent to an activating group) is 2. The number of carboxylic acids is 2. The van der Waals surface area contributed by atoms with Crippen molar-refractivity contribution >= 4 is 23.8 Å². The quantitative estimate of drug-likeness (QED) is 0.169. The van der Waals surface area contributed by atoms with Gasteiger partial charge in [-0.1, -0.05) is 13.8 Å². The molecule has 0 bridgehead atoms. The largest absolute Gasteiger partial charge is 0.481 e. The number of rotatable bonds is 14. The van der Waals surface area contributed by atoms with E-state index < -0.39 is 36.0 Å². The van der Waals surface area contributed by atoms with Gasteiger partial charge in [0.15, 0.2) is 0 Å². The number of carbonyl (C=O) groups excluding carboxylic acids is 2. The average molecular weight is 405 g/mol. The Morgan fingerprint density at radius 2 is 1.46 bits per heavy atom. The van der Waals surface area contributed by atoms with E-state index in [-0.39, 0.29) is 38.3 Å². The highest BCUT2D eigenvalue weighted by molar-refractivity contribution is 5.87. The first-order valence-electron chi connectivity index (χ1n) is 9.34. The van der Waals surface area contributed by atoms with Crippen molar-refractivity contribution in [2.24, 2.45) is 5.73 Å². The molecule has 0 aromatic heterocycles. The molecule has 0 aliphatic heterocycles. The molecule has 0 aromatic carbocycles. The predicted molar refractivity (Wildman–Crippen MR) is 105 cm³/mol. The second kappa shape index (κ2) is 16.9. The summed E-state index contributed by atoms with van der Waals surface area (Å²) in [5.41, 5.74) is 5.42. The van der Waals surface area contributed by atoms with Crippen molar-refractivity contribution in [1.29, 1.82) is 0 Å². The van der Waals surface area contributed by atoms with E-state index in [9.17, 15) is 24.3 Å². The number of nitrogens with one attached hydrogen (secondary N) is 4. The summed E-state index contributed by atoms with van der Waals surface area (Å²) in [6, 6.07) is -2.45. The Morgan fingerprint density at radius 1 is 0.893 bits per heavy atom. The number of carboxylic acid groups (broad SMARTS) is 2. The van der Waals surface area contributed by atoms with Crippen LogP contribution >= 0.6 is 0 Å². The topological polar surface area (TPSA) is 183 Å². The molecular formula is C17H35N5O6. The van der Waals surface area contributed by atoms with Crippen molar-refractivity contribution < 1.29 is 29.4 Å². The summed E-state index contributed by atoms with van der Waals surface area (Å²) >= 11 is 0. The first-order chi connectivity index (χ1) is 13.3. The van der Waals surface area contributed by atoms with Crippen LogP contribution in [0.1, 0.15) is 39.5 Å². The minimum atomic E-state index is -1.20. The maximum Gasteiger partial charge on any atom is 0.326 e. The lowest BCUT2D eigenvalue weighted by atomic mass is 10.1. The van der Waals surface area contributed by atoms with E-state index in [1.165, 1.54) is 7.05 Å². The van der Waals surface area contributed by atoms with Crippen LogP contribution in [0.3, 0.4) is 0 Å². The Bertz CT molecular complexity index is 485. The number of aliphatic carboxylic acids is 2. The zero-order valence-corrected chi connectivity index (χ0v) is 17.1. The van der Waals surface area contributed by atoms with Crippen molar-refractivity contribution in [3.8, 4) is 0 Å². The van der Waals surface area contributed by atoms with Gasteiger partial charge in [-0.05, 0) is 33.4 Å². The van der Waals surface area contributed by atoms with Gasteiger partial charge in [-0.25, -0.2) is 4.79 Å². The minimum absolute atomic E-state index is 0.0462. The smallest absolute Gasteiger partial charge is 0.326 e. The molecule has 11 heteroatoms. The molecule has 0 spiro atoms. The van der Waals surface area contributed by atoms with E-state index >= 15 is 0 Å². The molecule has 8 N–H and O–H groups in total. The third-order valence-electron chi connectivity index (χ3n) is 3.80. The second-order valence-corrected chi connectivity index (χ2v) is 5.68. The van der Waals surface area contributed by atoms with Crippen LogP contribution in [0.15, 0.2) is 0 Å². The number of nitrogens with two attached hydrogens (primary N) is 1. The Hall–Kier alpha value is -2.24.